The maximum absolute atomic E-state index is 9.34. The highest BCUT2D eigenvalue weighted by Crippen LogP contribution is 2.28. The lowest BCUT2D eigenvalue weighted by Crippen LogP contribution is -2.35. The lowest BCUT2D eigenvalue weighted by Gasteiger charge is -2.10. The van der Waals surface area contributed by atoms with Gasteiger partial charge in [-0.3, -0.25) is 0 Å². The van der Waals surface area contributed by atoms with Crippen molar-refractivity contribution in [2.45, 2.75) is 6.54 Å². The number of hydrogen-bond acceptors (Lipinski definition) is 6. The number of aliphatic hydroxyl groups is 1. The van der Waals surface area contributed by atoms with E-state index in [-0.39, 0.29) is 6.61 Å². The van der Waals surface area contributed by atoms with E-state index < -0.39 is 0 Å². The van der Waals surface area contributed by atoms with Crippen molar-refractivity contribution in [2.24, 2.45) is 17.3 Å². The molecule has 2 aromatic heterocycles. The zero-order valence-electron chi connectivity index (χ0n) is 18.2. The number of para-hydroxylation sites is 1. The van der Waals surface area contributed by atoms with Crippen molar-refractivity contribution in [1.82, 2.24) is 4.57 Å². The van der Waals surface area contributed by atoms with Gasteiger partial charge in [0.15, 0.2) is 30.4 Å². The molecular formula is C24H25N4O3S+. The van der Waals surface area contributed by atoms with Crippen LogP contribution >= 0.6 is 11.3 Å². The molecule has 2 heterocycles. The van der Waals surface area contributed by atoms with Gasteiger partial charge in [0.25, 0.3) is 0 Å². The second-order valence-electron chi connectivity index (χ2n) is 7.08. The van der Waals surface area contributed by atoms with Crippen molar-refractivity contribution in [2.75, 3.05) is 20.8 Å². The first-order valence-electron chi connectivity index (χ1n) is 10.1. The summed E-state index contributed by atoms with van der Waals surface area (Å²) in [7, 11) is 5.21. The van der Waals surface area contributed by atoms with Crippen LogP contribution in [0.2, 0.25) is 0 Å². The summed E-state index contributed by atoms with van der Waals surface area (Å²) in [6.45, 7) is 0.550. The van der Waals surface area contributed by atoms with Crippen LogP contribution in [-0.4, -0.2) is 36.2 Å². The van der Waals surface area contributed by atoms with Gasteiger partial charge in [0.2, 0.25) is 4.80 Å². The highest BCUT2D eigenvalue weighted by Gasteiger charge is 2.15. The quantitative estimate of drug-likeness (QED) is 0.268. The van der Waals surface area contributed by atoms with Crippen LogP contribution in [0.3, 0.4) is 0 Å². The first kappa shape index (κ1) is 21.7. The van der Waals surface area contributed by atoms with Crippen molar-refractivity contribution < 1.29 is 19.1 Å². The van der Waals surface area contributed by atoms with Crippen LogP contribution in [0.15, 0.2) is 77.2 Å². The smallest absolute Gasteiger partial charge is 0.211 e. The summed E-state index contributed by atoms with van der Waals surface area (Å²) in [5, 5.41) is 18.6. The molecule has 4 rings (SSSR count). The maximum atomic E-state index is 9.34. The van der Waals surface area contributed by atoms with E-state index in [1.807, 2.05) is 71.0 Å². The monoisotopic (exact) mass is 449 g/mol. The zero-order chi connectivity index (χ0) is 22.5. The number of nitrogens with zero attached hydrogens (tertiary/aromatic N) is 4. The highest BCUT2D eigenvalue weighted by atomic mass is 32.1. The third-order valence-corrected chi connectivity index (χ3v) is 6.20. The Hall–Kier alpha value is -3.49. The van der Waals surface area contributed by atoms with Gasteiger partial charge in [-0.05, 0) is 36.4 Å². The molecule has 0 unspecified atom stereocenters. The van der Waals surface area contributed by atoms with Gasteiger partial charge in [-0.25, -0.2) is 4.57 Å². The molecule has 0 radical (unpaired) electrons. The Morgan fingerprint density at radius 1 is 1.03 bits per heavy atom. The molecule has 1 N–H and O–H groups in total. The molecular weight excluding hydrogens is 424 g/mol. The SMILES string of the molecule is COc1ccc(C(=NN=c2sc3ccccc3n2C)c2ccc[n+](CCO)c2)cc1OC. The van der Waals surface area contributed by atoms with Crippen LogP contribution in [0.25, 0.3) is 10.2 Å². The third-order valence-electron chi connectivity index (χ3n) is 5.10. The number of aryl methyl sites for hydroxylation is 1. The van der Waals surface area contributed by atoms with E-state index in [0.29, 0.717) is 23.8 Å². The molecule has 2 aromatic carbocycles. The van der Waals surface area contributed by atoms with Gasteiger partial charge in [-0.15, -0.1) is 10.2 Å². The normalized spacial score (nSPS) is 12.4. The second-order valence-corrected chi connectivity index (χ2v) is 8.09. The Morgan fingerprint density at radius 2 is 1.84 bits per heavy atom. The lowest BCUT2D eigenvalue weighted by atomic mass is 10.0. The highest BCUT2D eigenvalue weighted by molar-refractivity contribution is 7.16. The van der Waals surface area contributed by atoms with E-state index in [9.17, 15) is 5.11 Å². The molecule has 0 saturated heterocycles. The molecule has 0 spiro atoms. The van der Waals surface area contributed by atoms with E-state index in [0.717, 1.165) is 26.1 Å². The molecule has 0 fully saturated rings. The number of rotatable bonds is 7. The molecule has 32 heavy (non-hydrogen) atoms. The molecule has 0 aliphatic carbocycles. The van der Waals surface area contributed by atoms with Crippen molar-refractivity contribution in [3.8, 4) is 11.5 Å². The van der Waals surface area contributed by atoms with E-state index in [2.05, 4.69) is 22.3 Å². The minimum Gasteiger partial charge on any atom is -0.493 e. The second kappa shape index (κ2) is 9.76. The Balaban J connectivity index is 1.89. The van der Waals surface area contributed by atoms with Crippen LogP contribution in [0.5, 0.6) is 11.5 Å². The predicted octanol–water partition coefficient (Wildman–Crippen LogP) is 2.89. The van der Waals surface area contributed by atoms with E-state index in [4.69, 9.17) is 9.47 Å². The van der Waals surface area contributed by atoms with Gasteiger partial charge in [0, 0.05) is 18.7 Å². The fourth-order valence-corrected chi connectivity index (χ4v) is 4.42. The number of fused-ring (bicyclic) bond motifs is 1. The van der Waals surface area contributed by atoms with Gasteiger partial charge in [0.05, 0.1) is 30.0 Å². The standard InChI is InChI=1S/C24H25N4O3S/c1-27-19-8-4-5-9-22(19)32-24(27)26-25-23(18-7-6-12-28(16-18)13-14-29)17-10-11-20(30-2)21(15-17)31-3/h4-12,15-16,29H,13-14H2,1-3H3/q+1. The maximum Gasteiger partial charge on any atom is 0.211 e. The third kappa shape index (κ3) is 4.42. The van der Waals surface area contributed by atoms with Gasteiger partial charge in [-0.1, -0.05) is 23.5 Å². The number of hydrogen-bond donors (Lipinski definition) is 1. The fourth-order valence-electron chi connectivity index (χ4n) is 3.45. The molecule has 0 atom stereocenters. The molecule has 0 aliphatic rings. The summed E-state index contributed by atoms with van der Waals surface area (Å²) in [4.78, 5) is 0.795. The number of ether oxygens (including phenoxy) is 2. The Labute approximate surface area is 190 Å². The van der Waals surface area contributed by atoms with Crippen molar-refractivity contribution in [3.05, 3.63) is 82.9 Å². The number of methoxy groups -OCH3 is 2. The zero-order valence-corrected chi connectivity index (χ0v) is 19.0. The summed E-state index contributed by atoms with van der Waals surface area (Å²) in [6.07, 6.45) is 3.86. The average Bonchev–Trinajstić information content (AvgIpc) is 3.15. The first-order valence-corrected chi connectivity index (χ1v) is 10.9. The summed E-state index contributed by atoms with van der Waals surface area (Å²) < 4.78 is 16.0. The molecule has 0 amide bonds. The van der Waals surface area contributed by atoms with Crippen molar-refractivity contribution in [3.63, 3.8) is 0 Å². The Bertz CT molecular complexity index is 1340. The van der Waals surface area contributed by atoms with Crippen molar-refractivity contribution >= 4 is 27.3 Å². The Morgan fingerprint density at radius 3 is 2.59 bits per heavy atom. The van der Waals surface area contributed by atoms with E-state index in [1.54, 1.807) is 25.6 Å². The van der Waals surface area contributed by atoms with E-state index >= 15 is 0 Å². The number of aliphatic hydroxyl groups excluding tert-OH is 1. The summed E-state index contributed by atoms with van der Waals surface area (Å²) in [5.74, 6) is 1.26. The molecule has 0 bridgehead atoms. The first-order chi connectivity index (χ1) is 15.6. The van der Waals surface area contributed by atoms with Gasteiger partial charge in [0.1, 0.15) is 12.3 Å². The van der Waals surface area contributed by atoms with Crippen LogP contribution in [0.4, 0.5) is 0 Å². The van der Waals surface area contributed by atoms with Gasteiger partial charge >= 0.3 is 0 Å². The largest absolute Gasteiger partial charge is 0.493 e. The summed E-state index contributed by atoms with van der Waals surface area (Å²) in [6, 6.07) is 17.8. The number of benzene rings is 2. The van der Waals surface area contributed by atoms with Crippen LogP contribution < -0.4 is 18.8 Å². The van der Waals surface area contributed by atoms with E-state index in [1.165, 1.54) is 0 Å². The summed E-state index contributed by atoms with van der Waals surface area (Å²) in [5.41, 5.74) is 3.52. The fraction of sp³-hybridized carbons (Fsp3) is 0.208. The topological polar surface area (TPSA) is 72.2 Å². The van der Waals surface area contributed by atoms with Crippen LogP contribution in [-0.2, 0) is 13.6 Å². The average molecular weight is 450 g/mol. The van der Waals surface area contributed by atoms with Gasteiger partial charge in [-0.2, -0.15) is 0 Å². The molecule has 4 aromatic rings. The minimum absolute atomic E-state index is 0.0545. The number of thiazole rings is 1. The van der Waals surface area contributed by atoms with Crippen LogP contribution in [0.1, 0.15) is 11.1 Å². The number of pyridine rings is 1. The van der Waals surface area contributed by atoms with Gasteiger partial charge < -0.3 is 19.1 Å². The molecule has 7 nitrogen and oxygen atoms in total. The molecule has 0 aliphatic heterocycles. The van der Waals surface area contributed by atoms with Crippen LogP contribution in [0, 0.1) is 0 Å². The lowest BCUT2D eigenvalue weighted by molar-refractivity contribution is -0.698. The summed E-state index contributed by atoms with van der Waals surface area (Å²) >= 11 is 1.59. The molecule has 8 heteroatoms. The predicted molar refractivity (Wildman–Crippen MR) is 125 cm³/mol. The van der Waals surface area contributed by atoms with Crippen molar-refractivity contribution in [1.29, 1.82) is 0 Å². The Kier molecular flexibility index (Phi) is 6.63. The minimum atomic E-state index is 0.0545. The number of aromatic nitrogens is 2. The molecule has 0 saturated carbocycles. The molecule has 164 valence electrons.